The zero-order valence-corrected chi connectivity index (χ0v) is 12.6. The van der Waals surface area contributed by atoms with Crippen molar-refractivity contribution < 1.29 is 29.4 Å². The number of rotatable bonds is 3. The largest absolute Gasteiger partial charge is 0.478 e. The van der Waals surface area contributed by atoms with E-state index < -0.39 is 11.9 Å². The fourth-order valence-corrected chi connectivity index (χ4v) is 4.65. The minimum atomic E-state index is -1.31. The molecule has 0 aromatic heterocycles. The molecule has 4 atom stereocenters. The molecule has 1 saturated heterocycles. The van der Waals surface area contributed by atoms with Crippen LogP contribution < -0.4 is 4.90 Å². The van der Waals surface area contributed by atoms with E-state index >= 15 is 0 Å². The van der Waals surface area contributed by atoms with Crippen molar-refractivity contribution in [1.29, 1.82) is 0 Å². The second kappa shape index (κ2) is 4.90. The van der Waals surface area contributed by atoms with Gasteiger partial charge in [-0.2, -0.15) is 0 Å². The van der Waals surface area contributed by atoms with Crippen molar-refractivity contribution >= 4 is 29.4 Å². The number of anilines is 1. The van der Waals surface area contributed by atoms with Gasteiger partial charge in [0.05, 0.1) is 28.7 Å². The third-order valence-corrected chi connectivity index (χ3v) is 5.60. The number of carboxylic acid groups (broad SMARTS) is 2. The monoisotopic (exact) mass is 329 g/mol. The highest BCUT2D eigenvalue weighted by Gasteiger charge is 2.61. The quantitative estimate of drug-likeness (QED) is 0.815. The van der Waals surface area contributed by atoms with Crippen molar-refractivity contribution in [3.8, 4) is 0 Å². The number of hydrogen-bond acceptors (Lipinski definition) is 4. The number of nitrogens with zero attached hydrogens (tertiary/aromatic N) is 1. The smallest absolute Gasteiger partial charge is 0.335 e. The van der Waals surface area contributed by atoms with Crippen LogP contribution in [0.1, 0.15) is 40.0 Å². The molecule has 2 aliphatic carbocycles. The molecule has 2 N–H and O–H groups in total. The Morgan fingerprint density at radius 1 is 0.875 bits per heavy atom. The molecule has 24 heavy (non-hydrogen) atoms. The first kappa shape index (κ1) is 14.9. The molecule has 1 aromatic rings. The summed E-state index contributed by atoms with van der Waals surface area (Å²) in [5.74, 6) is -3.51. The summed E-state index contributed by atoms with van der Waals surface area (Å²) in [5, 5.41) is 18.3. The molecular formula is C17H15NO6. The SMILES string of the molecule is O=C(O)c1cc(C(=O)O)cc(N2C(=O)[C@H]3[C@H]4CC[C@@H](C4)[C@@H]3C2=O)c1. The van der Waals surface area contributed by atoms with Crippen LogP contribution in [0.25, 0.3) is 0 Å². The van der Waals surface area contributed by atoms with Crippen LogP contribution in [-0.2, 0) is 9.59 Å². The number of carboxylic acids is 2. The van der Waals surface area contributed by atoms with E-state index in [0.29, 0.717) is 0 Å². The predicted molar refractivity (Wildman–Crippen MR) is 80.7 cm³/mol. The lowest BCUT2D eigenvalue weighted by Crippen LogP contribution is -2.33. The van der Waals surface area contributed by atoms with Crippen LogP contribution in [0.15, 0.2) is 18.2 Å². The first-order valence-corrected chi connectivity index (χ1v) is 7.88. The van der Waals surface area contributed by atoms with Crippen molar-refractivity contribution in [2.24, 2.45) is 23.7 Å². The molecular weight excluding hydrogens is 314 g/mol. The minimum Gasteiger partial charge on any atom is -0.478 e. The van der Waals surface area contributed by atoms with Crippen LogP contribution in [0.5, 0.6) is 0 Å². The van der Waals surface area contributed by atoms with Gasteiger partial charge in [-0.25, -0.2) is 14.5 Å². The normalized spacial score (nSPS) is 30.8. The Hall–Kier alpha value is -2.70. The van der Waals surface area contributed by atoms with Gasteiger partial charge in [-0.1, -0.05) is 0 Å². The summed E-state index contributed by atoms with van der Waals surface area (Å²) in [6.07, 6.45) is 2.78. The van der Waals surface area contributed by atoms with Crippen LogP contribution in [0.3, 0.4) is 0 Å². The highest BCUT2D eigenvalue weighted by atomic mass is 16.4. The molecule has 124 valence electrons. The molecule has 1 heterocycles. The number of benzene rings is 1. The molecule has 0 unspecified atom stereocenters. The van der Waals surface area contributed by atoms with Gasteiger partial charge in [0.25, 0.3) is 0 Å². The number of carbonyl (C=O) groups is 4. The van der Waals surface area contributed by atoms with Crippen LogP contribution in [0, 0.1) is 23.7 Å². The molecule has 2 amide bonds. The highest BCUT2D eigenvalue weighted by molar-refractivity contribution is 6.23. The topological polar surface area (TPSA) is 112 Å². The average Bonchev–Trinajstić information content (AvgIpc) is 3.21. The second-order valence-electron chi connectivity index (χ2n) is 6.78. The molecule has 1 aromatic carbocycles. The molecule has 1 aliphatic heterocycles. The van der Waals surface area contributed by atoms with E-state index in [4.69, 9.17) is 10.2 Å². The van der Waals surface area contributed by atoms with E-state index in [-0.39, 0.29) is 52.3 Å². The summed E-state index contributed by atoms with van der Waals surface area (Å²) >= 11 is 0. The molecule has 7 heteroatoms. The molecule has 0 spiro atoms. The van der Waals surface area contributed by atoms with E-state index in [2.05, 4.69) is 0 Å². The third kappa shape index (κ3) is 1.90. The van der Waals surface area contributed by atoms with Gasteiger partial charge in [0.15, 0.2) is 0 Å². The zero-order valence-electron chi connectivity index (χ0n) is 12.6. The van der Waals surface area contributed by atoms with Gasteiger partial charge < -0.3 is 10.2 Å². The fraction of sp³-hybridized carbons (Fsp3) is 0.412. The van der Waals surface area contributed by atoms with E-state index in [0.717, 1.165) is 30.2 Å². The van der Waals surface area contributed by atoms with Crippen molar-refractivity contribution in [3.63, 3.8) is 0 Å². The third-order valence-electron chi connectivity index (χ3n) is 5.60. The maximum atomic E-state index is 12.8. The van der Waals surface area contributed by atoms with Crippen LogP contribution >= 0.6 is 0 Å². The van der Waals surface area contributed by atoms with Crippen molar-refractivity contribution in [2.75, 3.05) is 4.90 Å². The maximum Gasteiger partial charge on any atom is 0.335 e. The standard InChI is InChI=1S/C17H15NO6/c19-14-12-7-1-2-8(3-7)13(12)15(20)18(14)11-5-9(16(21)22)4-10(6-11)17(23)24/h4-8,12-13H,1-3H2,(H,21,22)(H,23,24)/t7-,8-,12-,13-/m0/s1. The lowest BCUT2D eigenvalue weighted by Gasteiger charge is -2.19. The predicted octanol–water partition coefficient (Wildman–Crippen LogP) is 1.62. The summed E-state index contributed by atoms with van der Waals surface area (Å²) in [5.41, 5.74) is -0.479. The van der Waals surface area contributed by atoms with Gasteiger partial charge >= 0.3 is 11.9 Å². The summed E-state index contributed by atoms with van der Waals surface area (Å²) in [6, 6.07) is 3.39. The average molecular weight is 329 g/mol. The Bertz CT molecular complexity index is 740. The molecule has 7 nitrogen and oxygen atoms in total. The molecule has 3 aliphatic rings. The molecule has 2 saturated carbocycles. The number of aromatic carboxylic acids is 2. The lowest BCUT2D eigenvalue weighted by molar-refractivity contribution is -0.123. The van der Waals surface area contributed by atoms with Crippen LogP contribution in [-0.4, -0.2) is 34.0 Å². The number of carbonyl (C=O) groups excluding carboxylic acids is 2. The number of amides is 2. The van der Waals surface area contributed by atoms with Crippen molar-refractivity contribution in [3.05, 3.63) is 29.3 Å². The number of hydrogen-bond donors (Lipinski definition) is 2. The zero-order chi connectivity index (χ0) is 17.2. The van der Waals surface area contributed by atoms with Gasteiger partial charge in [0, 0.05) is 0 Å². The summed E-state index contributed by atoms with van der Waals surface area (Å²) in [6.45, 7) is 0. The number of imide groups is 1. The Kier molecular flexibility index (Phi) is 3.03. The lowest BCUT2D eigenvalue weighted by atomic mass is 9.81. The molecule has 0 radical (unpaired) electrons. The summed E-state index contributed by atoms with van der Waals surface area (Å²) in [4.78, 5) is 49.0. The highest BCUT2D eigenvalue weighted by Crippen LogP contribution is 2.56. The van der Waals surface area contributed by atoms with Crippen molar-refractivity contribution in [1.82, 2.24) is 0 Å². The van der Waals surface area contributed by atoms with Crippen LogP contribution in [0.4, 0.5) is 5.69 Å². The summed E-state index contributed by atoms with van der Waals surface area (Å²) in [7, 11) is 0. The Morgan fingerprint density at radius 3 is 1.75 bits per heavy atom. The Morgan fingerprint density at radius 2 is 1.33 bits per heavy atom. The van der Waals surface area contributed by atoms with E-state index in [9.17, 15) is 19.2 Å². The maximum absolute atomic E-state index is 12.8. The minimum absolute atomic E-state index is 0.0381. The molecule has 4 rings (SSSR count). The van der Waals surface area contributed by atoms with E-state index in [1.54, 1.807) is 0 Å². The Labute approximate surface area is 136 Å². The van der Waals surface area contributed by atoms with Gasteiger partial charge in [-0.15, -0.1) is 0 Å². The second-order valence-corrected chi connectivity index (χ2v) is 6.78. The number of fused-ring (bicyclic) bond motifs is 5. The van der Waals surface area contributed by atoms with Crippen LogP contribution in [0.2, 0.25) is 0 Å². The molecule has 2 bridgehead atoms. The fourth-order valence-electron chi connectivity index (χ4n) is 4.65. The van der Waals surface area contributed by atoms with Gasteiger partial charge in [0.2, 0.25) is 11.8 Å². The van der Waals surface area contributed by atoms with Crippen molar-refractivity contribution in [2.45, 2.75) is 19.3 Å². The summed E-state index contributed by atoms with van der Waals surface area (Å²) < 4.78 is 0. The van der Waals surface area contributed by atoms with Gasteiger partial charge in [0.1, 0.15) is 0 Å². The first-order valence-electron chi connectivity index (χ1n) is 7.88. The first-order chi connectivity index (χ1) is 11.4. The van der Waals surface area contributed by atoms with E-state index in [1.807, 2.05) is 0 Å². The van der Waals surface area contributed by atoms with Gasteiger partial charge in [-0.3, -0.25) is 9.59 Å². The molecule has 3 fully saturated rings. The van der Waals surface area contributed by atoms with E-state index in [1.165, 1.54) is 12.1 Å². The Balaban J connectivity index is 1.79. The van der Waals surface area contributed by atoms with Gasteiger partial charge in [-0.05, 0) is 49.3 Å².